The van der Waals surface area contributed by atoms with Gasteiger partial charge in [-0.15, -0.1) is 5.06 Å². The summed E-state index contributed by atoms with van der Waals surface area (Å²) in [5.41, 5.74) is 0.226. The van der Waals surface area contributed by atoms with Crippen molar-refractivity contribution in [1.82, 2.24) is 5.06 Å². The number of imide groups is 1. The van der Waals surface area contributed by atoms with E-state index < -0.39 is 43.7 Å². The van der Waals surface area contributed by atoms with Crippen molar-refractivity contribution in [2.24, 2.45) is 0 Å². The average Bonchev–Trinajstić information content (AvgIpc) is 2.71. The van der Waals surface area contributed by atoms with Gasteiger partial charge in [-0.05, 0) is 12.1 Å². The van der Waals surface area contributed by atoms with Gasteiger partial charge in [0.15, 0.2) is 0 Å². The summed E-state index contributed by atoms with van der Waals surface area (Å²) >= 11 is 0. The summed E-state index contributed by atoms with van der Waals surface area (Å²) < 4.78 is 64.9. The Morgan fingerprint density at radius 3 is 1.91 bits per heavy atom. The molecular formula is C13H10F5NO4. The topological polar surface area (TPSA) is 55.8 Å². The van der Waals surface area contributed by atoms with Gasteiger partial charge in [-0.2, -0.15) is 22.0 Å². The van der Waals surface area contributed by atoms with Gasteiger partial charge in [0.2, 0.25) is 0 Å². The van der Waals surface area contributed by atoms with Crippen LogP contribution >= 0.6 is 0 Å². The fraction of sp³-hybridized carbons (Fsp3) is 0.385. The predicted molar refractivity (Wildman–Crippen MR) is 64.7 cm³/mol. The molecule has 1 aromatic carbocycles. The van der Waals surface area contributed by atoms with Gasteiger partial charge >= 0.3 is 12.1 Å². The van der Waals surface area contributed by atoms with E-state index in [1.807, 2.05) is 0 Å². The molecule has 0 bridgehead atoms. The number of nitrogens with zero attached hydrogens (tertiary/aromatic N) is 1. The van der Waals surface area contributed by atoms with Crippen molar-refractivity contribution in [3.05, 3.63) is 35.4 Å². The molecule has 0 unspecified atom stereocenters. The third-order valence-corrected chi connectivity index (χ3v) is 2.90. The molecular weight excluding hydrogens is 329 g/mol. The Bertz CT molecular complexity index is 582. The van der Waals surface area contributed by atoms with Gasteiger partial charge < -0.3 is 4.74 Å². The molecule has 2 rings (SSSR count). The molecule has 23 heavy (non-hydrogen) atoms. The molecule has 126 valence electrons. The van der Waals surface area contributed by atoms with Crippen molar-refractivity contribution in [1.29, 1.82) is 0 Å². The smallest absolute Gasteiger partial charge is 0.372 e. The van der Waals surface area contributed by atoms with Crippen molar-refractivity contribution in [3.8, 4) is 0 Å². The maximum atomic E-state index is 12.6. The molecule has 0 spiro atoms. The van der Waals surface area contributed by atoms with Gasteiger partial charge in [-0.25, -0.2) is 0 Å². The Balaban J connectivity index is 1.81. The second-order valence-corrected chi connectivity index (χ2v) is 4.54. The van der Waals surface area contributed by atoms with Crippen LogP contribution in [0.1, 0.15) is 20.7 Å². The van der Waals surface area contributed by atoms with Crippen LogP contribution in [0.5, 0.6) is 0 Å². The molecule has 0 radical (unpaired) electrons. The van der Waals surface area contributed by atoms with Crippen LogP contribution in [0.2, 0.25) is 0 Å². The lowest BCUT2D eigenvalue weighted by Gasteiger charge is -2.19. The van der Waals surface area contributed by atoms with Crippen LogP contribution in [-0.4, -0.2) is 48.8 Å². The molecule has 1 aliphatic heterocycles. The number of carbonyl (C=O) groups excluding carboxylic acids is 2. The van der Waals surface area contributed by atoms with E-state index in [0.29, 0.717) is 5.06 Å². The fourth-order valence-electron chi connectivity index (χ4n) is 1.75. The van der Waals surface area contributed by atoms with Gasteiger partial charge in [0.25, 0.3) is 11.8 Å². The number of halogens is 5. The van der Waals surface area contributed by atoms with E-state index in [1.54, 1.807) is 0 Å². The molecule has 5 nitrogen and oxygen atoms in total. The third kappa shape index (κ3) is 3.48. The predicted octanol–water partition coefficient (Wildman–Crippen LogP) is 2.43. The van der Waals surface area contributed by atoms with Gasteiger partial charge in [0.1, 0.15) is 6.61 Å². The highest BCUT2D eigenvalue weighted by molar-refractivity contribution is 6.20. The van der Waals surface area contributed by atoms with Crippen molar-refractivity contribution in [2.45, 2.75) is 12.1 Å². The first kappa shape index (κ1) is 17.3. The Morgan fingerprint density at radius 2 is 1.43 bits per heavy atom. The number of hydrogen-bond acceptors (Lipinski definition) is 4. The van der Waals surface area contributed by atoms with E-state index in [1.165, 1.54) is 24.3 Å². The van der Waals surface area contributed by atoms with Gasteiger partial charge in [0, 0.05) is 0 Å². The number of hydroxylamine groups is 2. The first-order valence-electron chi connectivity index (χ1n) is 6.28. The lowest BCUT2D eigenvalue weighted by atomic mass is 10.1. The van der Waals surface area contributed by atoms with E-state index in [9.17, 15) is 31.5 Å². The number of fused-ring (bicyclic) bond motifs is 1. The van der Waals surface area contributed by atoms with Crippen LogP contribution in [0.3, 0.4) is 0 Å². The van der Waals surface area contributed by atoms with E-state index in [-0.39, 0.29) is 11.1 Å². The zero-order valence-corrected chi connectivity index (χ0v) is 11.4. The molecule has 10 heteroatoms. The maximum Gasteiger partial charge on any atom is 0.455 e. The number of alkyl halides is 5. The number of carbonyl (C=O) groups is 2. The first-order chi connectivity index (χ1) is 10.6. The second kappa shape index (κ2) is 6.20. The van der Waals surface area contributed by atoms with Crippen LogP contribution in [0.15, 0.2) is 24.3 Å². The van der Waals surface area contributed by atoms with E-state index >= 15 is 0 Å². The number of amides is 2. The summed E-state index contributed by atoms with van der Waals surface area (Å²) in [5, 5.41) is 0.413. The number of hydrogen-bond donors (Lipinski definition) is 0. The number of rotatable bonds is 6. The van der Waals surface area contributed by atoms with E-state index in [4.69, 9.17) is 4.84 Å². The van der Waals surface area contributed by atoms with Crippen molar-refractivity contribution < 1.29 is 41.1 Å². The molecule has 0 N–H and O–H groups in total. The molecule has 0 aromatic heterocycles. The van der Waals surface area contributed by atoms with E-state index in [2.05, 4.69) is 4.74 Å². The monoisotopic (exact) mass is 339 g/mol. The van der Waals surface area contributed by atoms with Crippen LogP contribution in [0.4, 0.5) is 22.0 Å². The lowest BCUT2D eigenvalue weighted by molar-refractivity contribution is -0.297. The van der Waals surface area contributed by atoms with Crippen LogP contribution in [-0.2, 0) is 9.57 Å². The minimum Gasteiger partial charge on any atom is -0.372 e. The third-order valence-electron chi connectivity index (χ3n) is 2.90. The molecule has 0 aliphatic carbocycles. The Morgan fingerprint density at radius 1 is 0.913 bits per heavy atom. The molecule has 0 saturated heterocycles. The summed E-state index contributed by atoms with van der Waals surface area (Å²) in [6, 6.07) is 5.88. The maximum absolute atomic E-state index is 12.6. The molecule has 1 aliphatic rings. The molecule has 1 aromatic rings. The van der Waals surface area contributed by atoms with Crippen LogP contribution in [0.25, 0.3) is 0 Å². The Labute approximate surface area is 126 Å². The summed E-state index contributed by atoms with van der Waals surface area (Å²) in [6.45, 7) is -3.07. The number of benzene rings is 1. The molecule has 0 saturated carbocycles. The van der Waals surface area contributed by atoms with Crippen molar-refractivity contribution >= 4 is 11.8 Å². The standard InChI is InChI=1S/C13H10F5NO4/c14-12(15,13(16,17)18)7-22-5-6-23-19-10(20)8-3-1-2-4-9(8)11(19)21/h1-4H,5-7H2. The molecule has 0 fully saturated rings. The lowest BCUT2D eigenvalue weighted by Crippen LogP contribution is -2.41. The van der Waals surface area contributed by atoms with Crippen LogP contribution in [0, 0.1) is 0 Å². The highest BCUT2D eigenvalue weighted by atomic mass is 19.4. The molecule has 0 atom stereocenters. The Hall–Kier alpha value is -2.07. The summed E-state index contributed by atoms with van der Waals surface area (Å²) in [7, 11) is 0. The van der Waals surface area contributed by atoms with Crippen molar-refractivity contribution in [2.75, 3.05) is 19.8 Å². The summed E-state index contributed by atoms with van der Waals surface area (Å²) in [4.78, 5) is 28.5. The largest absolute Gasteiger partial charge is 0.455 e. The minimum absolute atomic E-state index is 0.113. The average molecular weight is 339 g/mol. The Kier molecular flexibility index (Phi) is 4.66. The molecule has 1 heterocycles. The zero-order chi connectivity index (χ0) is 17.3. The minimum atomic E-state index is -5.71. The van der Waals surface area contributed by atoms with Gasteiger partial charge in [-0.3, -0.25) is 14.4 Å². The zero-order valence-electron chi connectivity index (χ0n) is 11.4. The molecule has 2 amide bonds. The normalized spacial score (nSPS) is 15.3. The van der Waals surface area contributed by atoms with Gasteiger partial charge in [0.05, 0.1) is 24.3 Å². The summed E-state index contributed by atoms with van der Waals surface area (Å²) in [6.07, 6.45) is -5.71. The van der Waals surface area contributed by atoms with Crippen LogP contribution < -0.4 is 0 Å². The second-order valence-electron chi connectivity index (χ2n) is 4.54. The highest BCUT2D eigenvalue weighted by Crippen LogP contribution is 2.35. The first-order valence-corrected chi connectivity index (χ1v) is 6.28. The van der Waals surface area contributed by atoms with Crippen molar-refractivity contribution in [3.63, 3.8) is 0 Å². The van der Waals surface area contributed by atoms with E-state index in [0.717, 1.165) is 0 Å². The van der Waals surface area contributed by atoms with Gasteiger partial charge in [-0.1, -0.05) is 12.1 Å². The quantitative estimate of drug-likeness (QED) is 0.454. The number of ether oxygens (including phenoxy) is 1. The SMILES string of the molecule is O=C1c2ccccc2C(=O)N1OCCOCC(F)(F)C(F)(F)F. The highest BCUT2D eigenvalue weighted by Gasteiger charge is 2.57. The fourth-order valence-corrected chi connectivity index (χ4v) is 1.75. The summed E-state index contributed by atoms with van der Waals surface area (Å²) in [5.74, 6) is -6.47.